The van der Waals surface area contributed by atoms with Gasteiger partial charge < -0.3 is 28.7 Å². The van der Waals surface area contributed by atoms with Crippen molar-refractivity contribution in [1.29, 1.82) is 0 Å². The molecule has 2 aromatic carbocycles. The van der Waals surface area contributed by atoms with Crippen molar-refractivity contribution in [2.24, 2.45) is 16.2 Å². The third kappa shape index (κ3) is 11.7. The Morgan fingerprint density at radius 3 is 1.76 bits per heavy atom. The summed E-state index contributed by atoms with van der Waals surface area (Å²) in [5.41, 5.74) is -1.33. The van der Waals surface area contributed by atoms with Crippen molar-refractivity contribution >= 4 is 44.2 Å². The first-order chi connectivity index (χ1) is 25.2. The van der Waals surface area contributed by atoms with Gasteiger partial charge >= 0.3 is 17.9 Å². The smallest absolute Gasteiger partial charge is 0.311 e. The van der Waals surface area contributed by atoms with E-state index in [1.165, 1.54) is 0 Å². The van der Waals surface area contributed by atoms with E-state index < -0.39 is 79.0 Å². The Kier molecular flexibility index (Phi) is 14.3. The van der Waals surface area contributed by atoms with Gasteiger partial charge in [0.15, 0.2) is 32.9 Å². The van der Waals surface area contributed by atoms with Gasteiger partial charge in [-0.3, -0.25) is 28.9 Å². The predicted octanol–water partition coefficient (Wildman–Crippen LogP) is 7.58. The van der Waals surface area contributed by atoms with E-state index in [1.807, 2.05) is 12.1 Å². The second kappa shape index (κ2) is 17.4. The average molecular weight is 783 g/mol. The number of rotatable bonds is 12. The first kappa shape index (κ1) is 45.3. The molecule has 12 nitrogen and oxygen atoms in total. The van der Waals surface area contributed by atoms with E-state index in [-0.39, 0.29) is 18.3 Å². The van der Waals surface area contributed by atoms with Gasteiger partial charge in [-0.25, -0.2) is 0 Å². The number of carbonyl (C=O) groups excluding carboxylic acids is 5. The molecule has 0 aliphatic carbocycles. The number of nitrogens with one attached hydrogen (secondary N) is 1. The molecule has 2 amide bonds. The SMILES string of the molecule is CC(C)(C)C(=O)O[C@H]1[C@H](OC(=O)C(C)(C)C)[C@H](OC(=O)C(C)(C)C)CO[C@H]1N(C=O)[C@@H](C(=O)Nc1ccccc1CO[Si](C)(C)C(C)(C)C)c1ccccc1. The highest BCUT2D eigenvalue weighted by Gasteiger charge is 2.53. The first-order valence-electron chi connectivity index (χ1n) is 18.7. The molecule has 13 heteroatoms. The molecule has 0 radical (unpaired) electrons. The molecule has 3 rings (SSSR count). The molecule has 1 saturated heterocycles. The largest absolute Gasteiger partial charge is 0.455 e. The summed E-state index contributed by atoms with van der Waals surface area (Å²) in [6.07, 6.45) is -5.20. The minimum absolute atomic E-state index is 0.0375. The molecule has 304 valence electrons. The number of ether oxygens (including phenoxy) is 4. The van der Waals surface area contributed by atoms with Crippen LogP contribution >= 0.6 is 0 Å². The van der Waals surface area contributed by atoms with Crippen LogP contribution in [0, 0.1) is 16.2 Å². The summed E-state index contributed by atoms with van der Waals surface area (Å²) in [5.74, 6) is -2.57. The second-order valence-electron chi connectivity index (χ2n) is 18.7. The maximum Gasteiger partial charge on any atom is 0.311 e. The molecule has 0 bridgehead atoms. The number of carbonyl (C=O) groups is 5. The Bertz CT molecular complexity index is 1670. The summed E-state index contributed by atoms with van der Waals surface area (Å²) in [5, 5.41) is 2.97. The third-order valence-electron chi connectivity index (χ3n) is 9.73. The topological polar surface area (TPSA) is 147 Å². The molecule has 1 heterocycles. The van der Waals surface area contributed by atoms with Gasteiger partial charge in [0.1, 0.15) is 6.04 Å². The van der Waals surface area contributed by atoms with Gasteiger partial charge in [-0.05, 0) is 97.6 Å². The highest BCUT2D eigenvalue weighted by Crippen LogP contribution is 2.38. The number of para-hydroxylation sites is 1. The summed E-state index contributed by atoms with van der Waals surface area (Å²) < 4.78 is 30.8. The highest BCUT2D eigenvalue weighted by molar-refractivity contribution is 6.74. The van der Waals surface area contributed by atoms with Gasteiger partial charge in [0.05, 0.1) is 29.5 Å². The Labute approximate surface area is 328 Å². The quantitative estimate of drug-likeness (QED) is 0.0990. The van der Waals surface area contributed by atoms with Gasteiger partial charge in [0, 0.05) is 5.69 Å². The van der Waals surface area contributed by atoms with Gasteiger partial charge in [-0.2, -0.15) is 0 Å². The minimum Gasteiger partial charge on any atom is -0.455 e. The number of esters is 3. The zero-order chi connectivity index (χ0) is 41.7. The molecular formula is C42H62N2O10Si. The Balaban J connectivity index is 2.16. The van der Waals surface area contributed by atoms with Crippen LogP contribution in [0.25, 0.3) is 0 Å². The maximum atomic E-state index is 14.6. The van der Waals surface area contributed by atoms with E-state index in [2.05, 4.69) is 39.2 Å². The lowest BCUT2D eigenvalue weighted by molar-refractivity contribution is -0.256. The van der Waals surface area contributed by atoms with Crippen molar-refractivity contribution in [2.75, 3.05) is 11.9 Å². The van der Waals surface area contributed by atoms with Crippen LogP contribution < -0.4 is 5.32 Å². The van der Waals surface area contributed by atoms with Crippen LogP contribution in [0.3, 0.4) is 0 Å². The molecule has 0 saturated carbocycles. The van der Waals surface area contributed by atoms with Crippen LogP contribution in [-0.2, 0) is 54.0 Å². The normalized spacial score (nSPS) is 20.1. The fraction of sp³-hybridized carbons (Fsp3) is 0.595. The van der Waals surface area contributed by atoms with Crippen molar-refractivity contribution in [3.8, 4) is 0 Å². The van der Waals surface area contributed by atoms with Crippen molar-refractivity contribution < 1.29 is 47.3 Å². The van der Waals surface area contributed by atoms with E-state index >= 15 is 0 Å². The van der Waals surface area contributed by atoms with Crippen molar-refractivity contribution in [2.45, 2.75) is 138 Å². The zero-order valence-corrected chi connectivity index (χ0v) is 36.1. The highest BCUT2D eigenvalue weighted by atomic mass is 28.4. The number of amides is 2. The zero-order valence-electron chi connectivity index (χ0n) is 35.1. The predicted molar refractivity (Wildman–Crippen MR) is 212 cm³/mol. The maximum absolute atomic E-state index is 14.6. The molecule has 1 N–H and O–H groups in total. The number of hydrogen-bond donors (Lipinski definition) is 1. The monoisotopic (exact) mass is 782 g/mol. The fourth-order valence-corrected chi connectivity index (χ4v) is 6.05. The lowest BCUT2D eigenvalue weighted by Crippen LogP contribution is -2.64. The fourth-order valence-electron chi connectivity index (χ4n) is 5.10. The van der Waals surface area contributed by atoms with Crippen molar-refractivity contribution in [3.63, 3.8) is 0 Å². The molecule has 0 unspecified atom stereocenters. The first-order valence-corrected chi connectivity index (χ1v) is 21.6. The molecule has 1 aliphatic heterocycles. The van der Waals surface area contributed by atoms with Crippen LogP contribution in [0.4, 0.5) is 5.69 Å². The molecule has 1 fully saturated rings. The molecular weight excluding hydrogens is 721 g/mol. The lowest BCUT2D eigenvalue weighted by Gasteiger charge is -2.46. The van der Waals surface area contributed by atoms with Crippen LogP contribution in [0.2, 0.25) is 18.1 Å². The summed E-state index contributed by atoms with van der Waals surface area (Å²) in [7, 11) is -2.16. The van der Waals surface area contributed by atoms with Crippen LogP contribution in [-0.4, -0.2) is 74.6 Å². The Hall–Kier alpha value is -4.07. The number of benzene rings is 2. The number of anilines is 1. The average Bonchev–Trinajstić information content (AvgIpc) is 3.06. The molecule has 0 aromatic heterocycles. The summed E-state index contributed by atoms with van der Waals surface area (Å²) in [4.78, 5) is 69.4. The standard InChI is InChI=1S/C42H62N2O10Si/c1-39(2,3)36(47)52-30-25-50-35(33(54-38(49)41(7,8)9)32(30)53-37(48)40(4,5)6)44(26-45)31(27-20-16-15-17-21-27)34(46)43-29-23-19-18-22-28(29)24-51-55(13,14)42(10,11)12/h15-23,26,30-33,35H,24-25H2,1-14H3,(H,43,46)/t30-,31-,32-,33+,35-/m1/s1. The minimum atomic E-state index is -2.16. The lowest BCUT2D eigenvalue weighted by atomic mass is 9.94. The summed E-state index contributed by atoms with van der Waals surface area (Å²) >= 11 is 0. The van der Waals surface area contributed by atoms with Crippen LogP contribution in [0.15, 0.2) is 54.6 Å². The van der Waals surface area contributed by atoms with Gasteiger partial charge in [-0.15, -0.1) is 0 Å². The van der Waals surface area contributed by atoms with Gasteiger partial charge in [0.2, 0.25) is 6.41 Å². The molecule has 0 spiro atoms. The van der Waals surface area contributed by atoms with Crippen LogP contribution in [0.5, 0.6) is 0 Å². The van der Waals surface area contributed by atoms with E-state index in [1.54, 1.807) is 105 Å². The van der Waals surface area contributed by atoms with E-state index in [4.69, 9.17) is 23.4 Å². The third-order valence-corrected chi connectivity index (χ3v) is 14.2. The molecule has 5 atom stereocenters. The number of hydrogen-bond acceptors (Lipinski definition) is 10. The Morgan fingerprint density at radius 2 is 1.25 bits per heavy atom. The van der Waals surface area contributed by atoms with E-state index in [9.17, 15) is 24.0 Å². The van der Waals surface area contributed by atoms with E-state index in [0.717, 1.165) is 10.5 Å². The van der Waals surface area contributed by atoms with E-state index in [0.29, 0.717) is 17.7 Å². The van der Waals surface area contributed by atoms with Gasteiger partial charge in [-0.1, -0.05) is 69.3 Å². The van der Waals surface area contributed by atoms with Crippen molar-refractivity contribution in [3.05, 3.63) is 65.7 Å². The molecule has 55 heavy (non-hydrogen) atoms. The summed E-state index contributed by atoms with van der Waals surface area (Å²) in [6.45, 7) is 25.6. The van der Waals surface area contributed by atoms with Crippen LogP contribution in [0.1, 0.15) is 100 Å². The van der Waals surface area contributed by atoms with Crippen molar-refractivity contribution in [1.82, 2.24) is 4.90 Å². The Morgan fingerprint density at radius 1 is 0.764 bits per heavy atom. The van der Waals surface area contributed by atoms with Gasteiger partial charge in [0.25, 0.3) is 5.91 Å². The molecule has 1 aliphatic rings. The second-order valence-corrected chi connectivity index (χ2v) is 23.5. The number of nitrogens with zero attached hydrogens (tertiary/aromatic N) is 1. The summed E-state index contributed by atoms with van der Waals surface area (Å²) in [6, 6.07) is 14.6. The molecule has 2 aromatic rings.